The van der Waals surface area contributed by atoms with Gasteiger partial charge in [-0.05, 0) is 44.3 Å². The van der Waals surface area contributed by atoms with Crippen LogP contribution in [0.5, 0.6) is 0 Å². The fourth-order valence-corrected chi connectivity index (χ4v) is 2.11. The third kappa shape index (κ3) is 2.68. The van der Waals surface area contributed by atoms with Crippen molar-refractivity contribution < 1.29 is 4.79 Å². The molecule has 0 saturated heterocycles. The molecule has 0 fully saturated rings. The molecule has 0 N–H and O–H groups in total. The number of rotatable bonds is 2. The van der Waals surface area contributed by atoms with Gasteiger partial charge in [-0.25, -0.2) is 0 Å². The van der Waals surface area contributed by atoms with E-state index < -0.39 is 0 Å². The molecule has 0 amide bonds. The molecule has 0 aromatic rings. The van der Waals surface area contributed by atoms with Gasteiger partial charge in [0.25, 0.3) is 0 Å². The first-order valence-electron chi connectivity index (χ1n) is 5.42. The van der Waals surface area contributed by atoms with Crippen molar-refractivity contribution >= 4 is 5.78 Å². The van der Waals surface area contributed by atoms with Crippen LogP contribution in [0.25, 0.3) is 0 Å². The van der Waals surface area contributed by atoms with Crippen LogP contribution in [0, 0.1) is 5.41 Å². The second kappa shape index (κ2) is 4.18. The van der Waals surface area contributed by atoms with E-state index >= 15 is 0 Å². The van der Waals surface area contributed by atoms with Gasteiger partial charge in [0.2, 0.25) is 0 Å². The zero-order valence-electron chi connectivity index (χ0n) is 10.3. The summed E-state index contributed by atoms with van der Waals surface area (Å²) in [6, 6.07) is 0. The highest BCUT2D eigenvalue weighted by molar-refractivity contribution is 6.06. The number of ketones is 1. The van der Waals surface area contributed by atoms with Gasteiger partial charge in [0.05, 0.1) is 0 Å². The van der Waals surface area contributed by atoms with Crippen LogP contribution in [-0.4, -0.2) is 5.78 Å². The van der Waals surface area contributed by atoms with Crippen molar-refractivity contribution in [3.63, 3.8) is 0 Å². The first kappa shape index (κ1) is 12.0. The Kier molecular flexibility index (Phi) is 3.33. The number of allylic oxidation sites excluding steroid dienone is 6. The summed E-state index contributed by atoms with van der Waals surface area (Å²) in [6.45, 7) is 10.2. The molecule has 0 unspecified atom stereocenters. The van der Waals surface area contributed by atoms with E-state index in [0.29, 0.717) is 0 Å². The van der Waals surface area contributed by atoms with Crippen molar-refractivity contribution in [1.29, 1.82) is 0 Å². The summed E-state index contributed by atoms with van der Waals surface area (Å²) in [5, 5.41) is 0. The minimum absolute atomic E-state index is 0.0259. The Balaban J connectivity index is 3.15. The number of hydrogen-bond acceptors (Lipinski definition) is 1. The standard InChI is InChI=1S/C14H20O/c1-10(2)9-12(15)13-11(3)7-6-8-14(13,4)5/h6-7,9H,8H2,1-5H3. The minimum Gasteiger partial charge on any atom is -0.290 e. The van der Waals surface area contributed by atoms with E-state index in [1.165, 1.54) is 0 Å². The summed E-state index contributed by atoms with van der Waals surface area (Å²) < 4.78 is 0. The molecule has 0 radical (unpaired) electrons. The van der Waals surface area contributed by atoms with Crippen LogP contribution in [0.2, 0.25) is 0 Å². The van der Waals surface area contributed by atoms with Crippen molar-refractivity contribution in [2.75, 3.05) is 0 Å². The van der Waals surface area contributed by atoms with Gasteiger partial charge in [-0.15, -0.1) is 0 Å². The van der Waals surface area contributed by atoms with Gasteiger partial charge in [-0.3, -0.25) is 4.79 Å². The van der Waals surface area contributed by atoms with Gasteiger partial charge < -0.3 is 0 Å². The van der Waals surface area contributed by atoms with E-state index in [4.69, 9.17) is 0 Å². The fraction of sp³-hybridized carbons (Fsp3) is 0.500. The van der Waals surface area contributed by atoms with Crippen LogP contribution in [0.4, 0.5) is 0 Å². The molecule has 0 saturated carbocycles. The summed E-state index contributed by atoms with van der Waals surface area (Å²) in [5.41, 5.74) is 3.10. The van der Waals surface area contributed by atoms with Gasteiger partial charge in [0, 0.05) is 5.57 Å². The second-order valence-electron chi connectivity index (χ2n) is 5.13. The van der Waals surface area contributed by atoms with Crippen LogP contribution in [-0.2, 0) is 4.79 Å². The van der Waals surface area contributed by atoms with Crippen molar-refractivity contribution in [3.05, 3.63) is 34.9 Å². The maximum Gasteiger partial charge on any atom is 0.182 e. The lowest BCUT2D eigenvalue weighted by atomic mass is 9.74. The highest BCUT2D eigenvalue weighted by Crippen LogP contribution is 2.37. The predicted molar refractivity (Wildman–Crippen MR) is 64.7 cm³/mol. The molecule has 0 aliphatic heterocycles. The molecule has 0 spiro atoms. The van der Waals surface area contributed by atoms with Crippen LogP contribution in [0.3, 0.4) is 0 Å². The topological polar surface area (TPSA) is 17.1 Å². The Morgan fingerprint density at radius 2 is 2.00 bits per heavy atom. The molecule has 0 aromatic carbocycles. The Morgan fingerprint density at radius 3 is 2.47 bits per heavy atom. The van der Waals surface area contributed by atoms with Gasteiger partial charge in [-0.1, -0.05) is 31.6 Å². The molecule has 0 bridgehead atoms. The predicted octanol–water partition coefficient (Wildman–Crippen LogP) is 3.82. The van der Waals surface area contributed by atoms with E-state index in [1.54, 1.807) is 6.08 Å². The van der Waals surface area contributed by atoms with Gasteiger partial charge >= 0.3 is 0 Å². The SMILES string of the molecule is CC(C)=CC(=O)C1=C(C)C=CCC1(C)C. The number of carbonyl (C=O) groups excluding carboxylic acids is 1. The molecule has 0 heterocycles. The van der Waals surface area contributed by atoms with Crippen molar-refractivity contribution in [2.45, 2.75) is 41.0 Å². The fourth-order valence-electron chi connectivity index (χ4n) is 2.11. The lowest BCUT2D eigenvalue weighted by Crippen LogP contribution is -2.23. The Labute approximate surface area is 92.6 Å². The smallest absolute Gasteiger partial charge is 0.182 e. The molecular formula is C14H20O. The van der Waals surface area contributed by atoms with Gasteiger partial charge in [-0.2, -0.15) is 0 Å². The van der Waals surface area contributed by atoms with E-state index in [9.17, 15) is 4.79 Å². The molecule has 82 valence electrons. The first-order chi connectivity index (χ1) is 6.84. The first-order valence-corrected chi connectivity index (χ1v) is 5.42. The average Bonchev–Trinajstić information content (AvgIpc) is 1.99. The van der Waals surface area contributed by atoms with Crippen LogP contribution >= 0.6 is 0 Å². The zero-order valence-corrected chi connectivity index (χ0v) is 10.3. The van der Waals surface area contributed by atoms with Crippen LogP contribution in [0.1, 0.15) is 41.0 Å². The summed E-state index contributed by atoms with van der Waals surface area (Å²) in [7, 11) is 0. The summed E-state index contributed by atoms with van der Waals surface area (Å²) in [5.74, 6) is 0.168. The molecule has 1 aliphatic carbocycles. The monoisotopic (exact) mass is 204 g/mol. The average molecular weight is 204 g/mol. The highest BCUT2D eigenvalue weighted by Gasteiger charge is 2.29. The maximum absolute atomic E-state index is 12.1. The van der Waals surface area contributed by atoms with E-state index in [-0.39, 0.29) is 11.2 Å². The molecule has 0 aromatic heterocycles. The van der Waals surface area contributed by atoms with Gasteiger partial charge in [0.15, 0.2) is 5.78 Å². The van der Waals surface area contributed by atoms with Crippen molar-refractivity contribution in [3.8, 4) is 0 Å². The molecule has 1 heteroatoms. The Bertz CT molecular complexity index is 361. The molecule has 0 atom stereocenters. The minimum atomic E-state index is -0.0259. The molecule has 1 aliphatic rings. The van der Waals surface area contributed by atoms with E-state index in [0.717, 1.165) is 23.1 Å². The summed E-state index contributed by atoms with van der Waals surface area (Å²) in [4.78, 5) is 12.1. The van der Waals surface area contributed by atoms with E-state index in [2.05, 4.69) is 26.0 Å². The maximum atomic E-state index is 12.1. The number of carbonyl (C=O) groups is 1. The third-order valence-electron chi connectivity index (χ3n) is 2.73. The van der Waals surface area contributed by atoms with Crippen molar-refractivity contribution in [2.24, 2.45) is 5.41 Å². The van der Waals surface area contributed by atoms with Crippen LogP contribution in [0.15, 0.2) is 34.9 Å². The summed E-state index contributed by atoms with van der Waals surface area (Å²) >= 11 is 0. The second-order valence-corrected chi connectivity index (χ2v) is 5.13. The normalized spacial score (nSPS) is 19.0. The molecule has 1 nitrogen and oxygen atoms in total. The molecule has 1 rings (SSSR count). The quantitative estimate of drug-likeness (QED) is 0.625. The largest absolute Gasteiger partial charge is 0.290 e. The molecule has 15 heavy (non-hydrogen) atoms. The Hall–Kier alpha value is -1.11. The number of hydrogen-bond donors (Lipinski definition) is 0. The molecular weight excluding hydrogens is 184 g/mol. The van der Waals surface area contributed by atoms with Crippen LogP contribution < -0.4 is 0 Å². The highest BCUT2D eigenvalue weighted by atomic mass is 16.1. The van der Waals surface area contributed by atoms with Gasteiger partial charge in [0.1, 0.15) is 0 Å². The Morgan fingerprint density at radius 1 is 1.40 bits per heavy atom. The third-order valence-corrected chi connectivity index (χ3v) is 2.73. The van der Waals surface area contributed by atoms with E-state index in [1.807, 2.05) is 20.8 Å². The lowest BCUT2D eigenvalue weighted by Gasteiger charge is -2.29. The summed E-state index contributed by atoms with van der Waals surface area (Å²) in [6.07, 6.45) is 6.88. The zero-order chi connectivity index (χ0) is 11.6. The van der Waals surface area contributed by atoms with Crippen molar-refractivity contribution in [1.82, 2.24) is 0 Å². The lowest BCUT2D eigenvalue weighted by molar-refractivity contribution is -0.112.